The summed E-state index contributed by atoms with van der Waals surface area (Å²) in [7, 11) is 1.75. The van der Waals surface area contributed by atoms with E-state index in [0.29, 0.717) is 11.3 Å². The summed E-state index contributed by atoms with van der Waals surface area (Å²) < 4.78 is 28.1. The Balaban J connectivity index is 2.32. The highest BCUT2D eigenvalue weighted by atomic mass is 19.2. The van der Waals surface area contributed by atoms with Gasteiger partial charge in [-0.25, -0.2) is 8.78 Å². The number of halogens is 2. The third kappa shape index (κ3) is 2.52. The molecule has 0 bridgehead atoms. The van der Waals surface area contributed by atoms with Crippen molar-refractivity contribution in [3.8, 4) is 0 Å². The van der Waals surface area contributed by atoms with Crippen LogP contribution < -0.4 is 0 Å². The van der Waals surface area contributed by atoms with Crippen LogP contribution in [-0.4, -0.2) is 15.6 Å². The highest BCUT2D eigenvalue weighted by Crippen LogP contribution is 2.16. The van der Waals surface area contributed by atoms with Crippen molar-refractivity contribution in [2.75, 3.05) is 0 Å². The zero-order chi connectivity index (χ0) is 14.9. The maximum atomic E-state index is 13.5. The number of hydrogen-bond donors (Lipinski definition) is 0. The maximum Gasteiger partial charge on any atom is 0.189 e. The van der Waals surface area contributed by atoms with Crippen LogP contribution in [0, 0.1) is 25.5 Å². The fourth-order valence-electron chi connectivity index (χ4n) is 2.03. The van der Waals surface area contributed by atoms with E-state index < -0.39 is 11.6 Å². The predicted molar refractivity (Wildman–Crippen MR) is 72.4 cm³/mol. The molecule has 2 rings (SSSR count). The lowest BCUT2D eigenvalue weighted by Gasteiger charge is -1.99. The highest BCUT2D eigenvalue weighted by Gasteiger charge is 2.15. The molecule has 5 heteroatoms. The average molecular weight is 276 g/mol. The van der Waals surface area contributed by atoms with Crippen LogP contribution in [0.15, 0.2) is 24.3 Å². The van der Waals surface area contributed by atoms with Gasteiger partial charge in [0.25, 0.3) is 0 Å². The number of allylic oxidation sites excluding steroid dienone is 1. The van der Waals surface area contributed by atoms with Crippen LogP contribution in [-0.2, 0) is 7.05 Å². The molecule has 0 radical (unpaired) electrons. The van der Waals surface area contributed by atoms with Crippen LogP contribution in [0.25, 0.3) is 6.08 Å². The van der Waals surface area contributed by atoms with E-state index in [2.05, 4.69) is 5.10 Å². The van der Waals surface area contributed by atoms with E-state index in [4.69, 9.17) is 0 Å². The number of carbonyl (C=O) groups is 1. The summed E-state index contributed by atoms with van der Waals surface area (Å²) in [5, 5.41) is 4.15. The van der Waals surface area contributed by atoms with Gasteiger partial charge in [-0.2, -0.15) is 5.10 Å². The van der Waals surface area contributed by atoms with Crippen LogP contribution in [0.2, 0.25) is 0 Å². The normalized spacial score (nSPS) is 11.2. The first-order valence-electron chi connectivity index (χ1n) is 6.08. The summed E-state index contributed by atoms with van der Waals surface area (Å²) >= 11 is 0. The molecule has 0 aliphatic heterocycles. The number of aryl methyl sites for hydroxylation is 2. The van der Waals surface area contributed by atoms with Crippen molar-refractivity contribution < 1.29 is 13.6 Å². The third-order valence-corrected chi connectivity index (χ3v) is 3.15. The van der Waals surface area contributed by atoms with Crippen LogP contribution in [0.4, 0.5) is 8.78 Å². The van der Waals surface area contributed by atoms with E-state index >= 15 is 0 Å². The largest absolute Gasteiger partial charge is 0.289 e. The lowest BCUT2D eigenvalue weighted by Crippen LogP contribution is -1.99. The lowest BCUT2D eigenvalue weighted by molar-refractivity contribution is 0.104. The summed E-state index contributed by atoms with van der Waals surface area (Å²) in [6, 6.07) is 3.83. The molecule has 1 aromatic heterocycles. The minimum atomic E-state index is -0.962. The first kappa shape index (κ1) is 14.1. The van der Waals surface area contributed by atoms with Gasteiger partial charge in [0.15, 0.2) is 17.4 Å². The van der Waals surface area contributed by atoms with Crippen LogP contribution in [0.3, 0.4) is 0 Å². The number of hydrogen-bond acceptors (Lipinski definition) is 2. The summed E-state index contributed by atoms with van der Waals surface area (Å²) in [5.74, 6) is -2.18. The van der Waals surface area contributed by atoms with Gasteiger partial charge < -0.3 is 0 Å². The molecule has 0 saturated heterocycles. The number of benzene rings is 1. The zero-order valence-corrected chi connectivity index (χ0v) is 11.4. The monoisotopic (exact) mass is 276 g/mol. The van der Waals surface area contributed by atoms with Crippen molar-refractivity contribution in [2.24, 2.45) is 7.05 Å². The van der Waals surface area contributed by atoms with Gasteiger partial charge in [0.1, 0.15) is 0 Å². The molecule has 1 aromatic carbocycles. The molecule has 104 valence electrons. The van der Waals surface area contributed by atoms with Gasteiger partial charge in [-0.3, -0.25) is 9.48 Å². The van der Waals surface area contributed by atoms with Gasteiger partial charge in [0.05, 0.1) is 11.3 Å². The summed E-state index contributed by atoms with van der Waals surface area (Å²) in [5.41, 5.74) is 1.87. The maximum absolute atomic E-state index is 13.5. The Labute approximate surface area is 115 Å². The van der Waals surface area contributed by atoms with Crippen molar-refractivity contribution in [3.63, 3.8) is 0 Å². The van der Waals surface area contributed by atoms with E-state index in [0.717, 1.165) is 11.8 Å². The highest BCUT2D eigenvalue weighted by molar-refractivity contribution is 6.08. The van der Waals surface area contributed by atoms with Crippen molar-refractivity contribution in [3.05, 3.63) is 58.4 Å². The first-order chi connectivity index (χ1) is 9.41. The van der Waals surface area contributed by atoms with Crippen LogP contribution in [0.1, 0.15) is 27.3 Å². The third-order valence-electron chi connectivity index (χ3n) is 3.15. The van der Waals surface area contributed by atoms with Crippen molar-refractivity contribution in [2.45, 2.75) is 13.8 Å². The molecule has 0 N–H and O–H groups in total. The Bertz CT molecular complexity index is 702. The molecule has 20 heavy (non-hydrogen) atoms. The topological polar surface area (TPSA) is 34.9 Å². The van der Waals surface area contributed by atoms with E-state index in [-0.39, 0.29) is 11.3 Å². The molecule has 0 amide bonds. The van der Waals surface area contributed by atoms with E-state index in [9.17, 15) is 13.6 Å². The minimum Gasteiger partial charge on any atom is -0.289 e. The SMILES string of the molecule is Cc1nn(C)c(C)c1C(=O)/C=C\c1cccc(F)c1F. The molecule has 1 heterocycles. The molecule has 0 aliphatic rings. The standard InChI is InChI=1S/C15H14F2N2O/c1-9-14(10(2)19(3)18-9)13(20)8-7-11-5-4-6-12(16)15(11)17/h4-8H,1-3H3/b8-7-. The van der Waals surface area contributed by atoms with Crippen molar-refractivity contribution in [1.29, 1.82) is 0 Å². The Morgan fingerprint density at radius 3 is 2.60 bits per heavy atom. The van der Waals surface area contributed by atoms with Crippen molar-refractivity contribution in [1.82, 2.24) is 9.78 Å². The van der Waals surface area contributed by atoms with Crippen LogP contribution in [0.5, 0.6) is 0 Å². The lowest BCUT2D eigenvalue weighted by atomic mass is 10.1. The van der Waals surface area contributed by atoms with Gasteiger partial charge in [0.2, 0.25) is 0 Å². The minimum absolute atomic E-state index is 0.0394. The molecule has 0 fully saturated rings. The van der Waals surface area contributed by atoms with E-state index in [1.807, 2.05) is 0 Å². The summed E-state index contributed by atoms with van der Waals surface area (Å²) in [4.78, 5) is 12.1. The Morgan fingerprint density at radius 2 is 2.00 bits per heavy atom. The second kappa shape index (κ2) is 5.36. The fraction of sp³-hybridized carbons (Fsp3) is 0.200. The summed E-state index contributed by atoms with van der Waals surface area (Å²) in [6.07, 6.45) is 2.50. The number of aromatic nitrogens is 2. The quantitative estimate of drug-likeness (QED) is 0.637. The molecule has 0 saturated carbocycles. The van der Waals surface area contributed by atoms with Gasteiger partial charge in [-0.1, -0.05) is 12.1 Å². The Hall–Kier alpha value is -2.30. The molecular formula is C15H14F2N2O. The number of nitrogens with zero attached hydrogens (tertiary/aromatic N) is 2. The Kier molecular flexibility index (Phi) is 3.79. The van der Waals surface area contributed by atoms with E-state index in [1.165, 1.54) is 24.3 Å². The number of carbonyl (C=O) groups excluding carboxylic acids is 1. The van der Waals surface area contributed by atoms with Gasteiger partial charge in [-0.05, 0) is 32.1 Å². The molecule has 0 unspecified atom stereocenters. The molecule has 0 aliphatic carbocycles. The number of rotatable bonds is 3. The predicted octanol–water partition coefficient (Wildman–Crippen LogP) is 3.21. The molecular weight excluding hydrogens is 262 g/mol. The van der Waals surface area contributed by atoms with Crippen LogP contribution >= 0.6 is 0 Å². The molecule has 0 spiro atoms. The van der Waals surface area contributed by atoms with Gasteiger partial charge in [-0.15, -0.1) is 0 Å². The molecule has 0 atom stereocenters. The zero-order valence-electron chi connectivity index (χ0n) is 11.4. The second-order valence-corrected chi connectivity index (χ2v) is 4.51. The van der Waals surface area contributed by atoms with Crippen molar-refractivity contribution >= 4 is 11.9 Å². The summed E-state index contributed by atoms with van der Waals surface area (Å²) in [6.45, 7) is 3.51. The smallest absolute Gasteiger partial charge is 0.189 e. The number of ketones is 1. The fourth-order valence-corrected chi connectivity index (χ4v) is 2.03. The first-order valence-corrected chi connectivity index (χ1v) is 6.08. The second-order valence-electron chi connectivity index (χ2n) is 4.51. The van der Waals surface area contributed by atoms with Gasteiger partial charge in [0, 0.05) is 18.3 Å². The van der Waals surface area contributed by atoms with Gasteiger partial charge >= 0.3 is 0 Å². The molecule has 2 aromatic rings. The van der Waals surface area contributed by atoms with E-state index in [1.54, 1.807) is 25.6 Å². The molecule has 3 nitrogen and oxygen atoms in total. The Morgan fingerprint density at radius 1 is 1.30 bits per heavy atom. The average Bonchev–Trinajstić information content (AvgIpc) is 2.65.